The number of nitrogens with zero attached hydrogens (tertiary/aromatic N) is 1. The highest BCUT2D eigenvalue weighted by Gasteiger charge is 2.28. The van der Waals surface area contributed by atoms with Crippen LogP contribution < -0.4 is 5.32 Å². The van der Waals surface area contributed by atoms with E-state index in [4.69, 9.17) is 0 Å². The fourth-order valence-electron chi connectivity index (χ4n) is 4.00. The Morgan fingerprint density at radius 3 is 2.58 bits per heavy atom. The lowest BCUT2D eigenvalue weighted by Crippen LogP contribution is -2.48. The summed E-state index contributed by atoms with van der Waals surface area (Å²) in [6.45, 7) is 9.85. The van der Waals surface area contributed by atoms with E-state index < -0.39 is 0 Å². The van der Waals surface area contributed by atoms with Gasteiger partial charge in [0.2, 0.25) is 0 Å². The smallest absolute Gasteiger partial charge is 0.0223 e. The zero-order valence-corrected chi connectivity index (χ0v) is 13.2. The number of likely N-dealkylation sites (tertiary alicyclic amines) is 1. The molecule has 2 atom stereocenters. The van der Waals surface area contributed by atoms with Gasteiger partial charge in [0.25, 0.3) is 0 Å². The van der Waals surface area contributed by atoms with Crippen molar-refractivity contribution < 1.29 is 0 Å². The molecule has 1 heterocycles. The van der Waals surface area contributed by atoms with Crippen LogP contribution in [0.5, 0.6) is 0 Å². The Hall–Kier alpha value is -0.0800. The van der Waals surface area contributed by atoms with Crippen LogP contribution in [0.1, 0.15) is 65.2 Å². The predicted octanol–water partition coefficient (Wildman–Crippen LogP) is 3.67. The third kappa shape index (κ3) is 4.75. The van der Waals surface area contributed by atoms with Crippen LogP contribution in [0, 0.1) is 11.8 Å². The van der Waals surface area contributed by atoms with Gasteiger partial charge in [-0.25, -0.2) is 0 Å². The summed E-state index contributed by atoms with van der Waals surface area (Å²) in [5, 5.41) is 3.85. The van der Waals surface area contributed by atoms with Crippen molar-refractivity contribution in [1.29, 1.82) is 0 Å². The first-order chi connectivity index (χ1) is 9.33. The van der Waals surface area contributed by atoms with Crippen LogP contribution >= 0.6 is 0 Å². The summed E-state index contributed by atoms with van der Waals surface area (Å²) >= 11 is 0. The Balaban J connectivity index is 1.83. The first-order valence-electron chi connectivity index (χ1n) is 8.79. The van der Waals surface area contributed by atoms with E-state index in [-0.39, 0.29) is 0 Å². The van der Waals surface area contributed by atoms with Gasteiger partial charge in [-0.15, -0.1) is 0 Å². The van der Waals surface area contributed by atoms with Crippen LogP contribution in [0.3, 0.4) is 0 Å². The van der Waals surface area contributed by atoms with Crippen molar-refractivity contribution in [3.8, 4) is 0 Å². The van der Waals surface area contributed by atoms with Gasteiger partial charge in [-0.1, -0.05) is 33.1 Å². The maximum absolute atomic E-state index is 3.85. The Morgan fingerprint density at radius 1 is 1.11 bits per heavy atom. The van der Waals surface area contributed by atoms with E-state index in [1.54, 1.807) is 0 Å². The van der Waals surface area contributed by atoms with E-state index in [0.717, 1.165) is 17.9 Å². The van der Waals surface area contributed by atoms with Gasteiger partial charge in [0.1, 0.15) is 0 Å². The molecule has 2 nitrogen and oxygen atoms in total. The normalized spacial score (nSPS) is 27.8. The molecular weight excluding hydrogens is 232 g/mol. The molecule has 0 radical (unpaired) electrons. The minimum absolute atomic E-state index is 0.762. The van der Waals surface area contributed by atoms with Gasteiger partial charge in [0.05, 0.1) is 0 Å². The number of nitrogens with one attached hydrogen (secondary N) is 1. The fourth-order valence-corrected chi connectivity index (χ4v) is 4.00. The second kappa shape index (κ2) is 8.26. The summed E-state index contributed by atoms with van der Waals surface area (Å²) in [7, 11) is 0. The van der Waals surface area contributed by atoms with Gasteiger partial charge in [0, 0.05) is 19.1 Å². The molecule has 1 aliphatic heterocycles. The lowest BCUT2D eigenvalue weighted by molar-refractivity contribution is 0.141. The zero-order valence-electron chi connectivity index (χ0n) is 13.2. The van der Waals surface area contributed by atoms with Crippen LogP contribution in [-0.4, -0.2) is 37.1 Å². The quantitative estimate of drug-likeness (QED) is 0.756. The molecule has 0 spiro atoms. The standard InChI is InChI=1S/C17H34N2/c1-3-11-18-17(16-9-5-6-10-16)14-19-12-7-8-15(4-2)13-19/h15-18H,3-14H2,1-2H3. The minimum Gasteiger partial charge on any atom is -0.312 e. The van der Waals surface area contributed by atoms with Crippen molar-refractivity contribution in [1.82, 2.24) is 10.2 Å². The molecule has 1 aliphatic carbocycles. The lowest BCUT2D eigenvalue weighted by atomic mass is 9.93. The highest BCUT2D eigenvalue weighted by molar-refractivity contribution is 4.85. The number of hydrogen-bond donors (Lipinski definition) is 1. The topological polar surface area (TPSA) is 15.3 Å². The third-order valence-electron chi connectivity index (χ3n) is 5.26. The largest absolute Gasteiger partial charge is 0.312 e. The van der Waals surface area contributed by atoms with Crippen LogP contribution in [0.15, 0.2) is 0 Å². The number of rotatable bonds is 7. The average Bonchev–Trinajstić information content (AvgIpc) is 2.97. The van der Waals surface area contributed by atoms with Crippen molar-refractivity contribution >= 4 is 0 Å². The van der Waals surface area contributed by atoms with Crippen LogP contribution in [0.25, 0.3) is 0 Å². The Morgan fingerprint density at radius 2 is 1.89 bits per heavy atom. The Labute approximate surface area is 120 Å². The maximum atomic E-state index is 3.85. The predicted molar refractivity (Wildman–Crippen MR) is 83.5 cm³/mol. The zero-order chi connectivity index (χ0) is 13.5. The van der Waals surface area contributed by atoms with Crippen molar-refractivity contribution in [3.63, 3.8) is 0 Å². The molecule has 0 aromatic heterocycles. The van der Waals surface area contributed by atoms with Crippen LogP contribution in [0.4, 0.5) is 0 Å². The first-order valence-corrected chi connectivity index (χ1v) is 8.79. The summed E-state index contributed by atoms with van der Waals surface area (Å²) in [4.78, 5) is 2.75. The Bertz CT molecular complexity index is 235. The highest BCUT2D eigenvalue weighted by atomic mass is 15.2. The molecule has 19 heavy (non-hydrogen) atoms. The molecule has 0 aromatic carbocycles. The Kier molecular flexibility index (Phi) is 6.66. The van der Waals surface area contributed by atoms with E-state index >= 15 is 0 Å². The molecule has 2 fully saturated rings. The molecule has 0 aromatic rings. The number of piperidine rings is 1. The summed E-state index contributed by atoms with van der Waals surface area (Å²) in [5.74, 6) is 1.91. The molecule has 1 saturated heterocycles. The van der Waals surface area contributed by atoms with Crippen LogP contribution in [-0.2, 0) is 0 Å². The van der Waals surface area contributed by atoms with Gasteiger partial charge in [-0.05, 0) is 57.0 Å². The average molecular weight is 266 g/mol. The van der Waals surface area contributed by atoms with Gasteiger partial charge < -0.3 is 10.2 Å². The molecule has 1 saturated carbocycles. The molecule has 1 N–H and O–H groups in total. The van der Waals surface area contributed by atoms with Gasteiger partial charge in [-0.3, -0.25) is 0 Å². The molecule has 2 heteroatoms. The van der Waals surface area contributed by atoms with E-state index in [1.165, 1.54) is 77.5 Å². The molecule has 0 bridgehead atoms. The molecule has 2 aliphatic rings. The van der Waals surface area contributed by atoms with Crippen molar-refractivity contribution in [2.45, 2.75) is 71.3 Å². The van der Waals surface area contributed by atoms with Gasteiger partial charge in [0.15, 0.2) is 0 Å². The highest BCUT2D eigenvalue weighted by Crippen LogP contribution is 2.29. The SMILES string of the molecule is CCCNC(CN1CCCC(CC)C1)C1CCCC1. The summed E-state index contributed by atoms with van der Waals surface area (Å²) in [5.41, 5.74) is 0. The number of hydrogen-bond acceptors (Lipinski definition) is 2. The lowest BCUT2D eigenvalue weighted by Gasteiger charge is -2.36. The van der Waals surface area contributed by atoms with Crippen molar-refractivity contribution in [2.75, 3.05) is 26.2 Å². The fraction of sp³-hybridized carbons (Fsp3) is 1.00. The van der Waals surface area contributed by atoms with E-state index in [1.807, 2.05) is 0 Å². The monoisotopic (exact) mass is 266 g/mol. The van der Waals surface area contributed by atoms with Crippen molar-refractivity contribution in [3.05, 3.63) is 0 Å². The minimum atomic E-state index is 0.762. The van der Waals surface area contributed by atoms with E-state index in [9.17, 15) is 0 Å². The van der Waals surface area contributed by atoms with Crippen molar-refractivity contribution in [2.24, 2.45) is 11.8 Å². The summed E-state index contributed by atoms with van der Waals surface area (Å²) in [6.07, 6.45) is 11.4. The molecule has 0 amide bonds. The third-order valence-corrected chi connectivity index (χ3v) is 5.26. The van der Waals surface area contributed by atoms with Gasteiger partial charge in [-0.2, -0.15) is 0 Å². The van der Waals surface area contributed by atoms with Gasteiger partial charge >= 0.3 is 0 Å². The second-order valence-corrected chi connectivity index (χ2v) is 6.78. The second-order valence-electron chi connectivity index (χ2n) is 6.78. The molecule has 112 valence electrons. The van der Waals surface area contributed by atoms with E-state index in [0.29, 0.717) is 0 Å². The van der Waals surface area contributed by atoms with E-state index in [2.05, 4.69) is 24.1 Å². The first kappa shape index (κ1) is 15.3. The molecular formula is C17H34N2. The maximum Gasteiger partial charge on any atom is 0.0223 e. The molecule has 2 rings (SSSR count). The van der Waals surface area contributed by atoms with Crippen LogP contribution in [0.2, 0.25) is 0 Å². The molecule has 2 unspecified atom stereocenters. The summed E-state index contributed by atoms with van der Waals surface area (Å²) in [6, 6.07) is 0.762. The summed E-state index contributed by atoms with van der Waals surface area (Å²) < 4.78 is 0.